The van der Waals surface area contributed by atoms with Crippen LogP contribution in [0.25, 0.3) is 0 Å². The molecule has 0 atom stereocenters. The summed E-state index contributed by atoms with van der Waals surface area (Å²) in [6.45, 7) is 5.43. The van der Waals surface area contributed by atoms with E-state index in [1.165, 1.54) is 16.8 Å². The second-order valence-corrected chi connectivity index (χ2v) is 5.46. The van der Waals surface area contributed by atoms with E-state index >= 15 is 0 Å². The van der Waals surface area contributed by atoms with Gasteiger partial charge in [-0.1, -0.05) is 41.4 Å². The van der Waals surface area contributed by atoms with Crippen LogP contribution >= 0.6 is 23.2 Å². The van der Waals surface area contributed by atoms with E-state index in [-0.39, 0.29) is 0 Å². The molecule has 2 aromatic carbocycles. The van der Waals surface area contributed by atoms with Gasteiger partial charge in [0.1, 0.15) is 12.4 Å². The molecule has 2 rings (SSSR count). The van der Waals surface area contributed by atoms with Crippen molar-refractivity contribution in [2.24, 2.45) is 0 Å². The molecular formula is C16H17Cl2NO. The Kier molecular flexibility index (Phi) is 5.16. The molecule has 20 heavy (non-hydrogen) atoms. The van der Waals surface area contributed by atoms with Gasteiger partial charge in [-0.15, -0.1) is 0 Å². The molecule has 2 aromatic rings. The van der Waals surface area contributed by atoms with Crippen LogP contribution in [0.4, 0.5) is 5.69 Å². The maximum Gasteiger partial charge on any atom is 0.138 e. The van der Waals surface area contributed by atoms with E-state index in [4.69, 9.17) is 27.9 Å². The minimum absolute atomic E-state index is 0.532. The first-order valence-corrected chi connectivity index (χ1v) is 7.21. The topological polar surface area (TPSA) is 21.3 Å². The Morgan fingerprint density at radius 3 is 2.40 bits per heavy atom. The number of hydrogen-bond donors (Lipinski definition) is 1. The first kappa shape index (κ1) is 15.0. The summed E-state index contributed by atoms with van der Waals surface area (Å²) in [4.78, 5) is 0. The van der Waals surface area contributed by atoms with Gasteiger partial charge in [0.25, 0.3) is 0 Å². The minimum Gasteiger partial charge on any atom is -0.490 e. The summed E-state index contributed by atoms with van der Waals surface area (Å²) in [5.41, 5.74) is 3.63. The lowest BCUT2D eigenvalue weighted by atomic mass is 10.1. The van der Waals surface area contributed by atoms with Gasteiger partial charge < -0.3 is 10.1 Å². The highest BCUT2D eigenvalue weighted by Crippen LogP contribution is 2.27. The molecular weight excluding hydrogens is 293 g/mol. The van der Waals surface area contributed by atoms with Crippen molar-refractivity contribution in [1.29, 1.82) is 0 Å². The maximum atomic E-state index is 6.05. The molecule has 0 radical (unpaired) electrons. The summed E-state index contributed by atoms with van der Waals surface area (Å²) in [6.07, 6.45) is 0. The van der Waals surface area contributed by atoms with Crippen LogP contribution in [-0.4, -0.2) is 13.2 Å². The molecule has 0 spiro atoms. The van der Waals surface area contributed by atoms with Gasteiger partial charge in [0.05, 0.1) is 5.02 Å². The average Bonchev–Trinajstić information content (AvgIpc) is 2.39. The zero-order valence-corrected chi connectivity index (χ0v) is 13.1. The van der Waals surface area contributed by atoms with Gasteiger partial charge in [-0.3, -0.25) is 0 Å². The van der Waals surface area contributed by atoms with E-state index < -0.39 is 0 Å². The Morgan fingerprint density at radius 2 is 1.75 bits per heavy atom. The zero-order chi connectivity index (χ0) is 14.5. The molecule has 0 aromatic heterocycles. The number of rotatable bonds is 5. The predicted molar refractivity (Wildman–Crippen MR) is 86.4 cm³/mol. The number of halogens is 2. The zero-order valence-electron chi connectivity index (χ0n) is 11.5. The second kappa shape index (κ2) is 6.87. The first-order chi connectivity index (χ1) is 9.58. The molecule has 106 valence electrons. The summed E-state index contributed by atoms with van der Waals surface area (Å²) >= 11 is 11.9. The molecule has 0 saturated heterocycles. The Morgan fingerprint density at radius 1 is 1.05 bits per heavy atom. The fourth-order valence-corrected chi connectivity index (χ4v) is 2.49. The lowest BCUT2D eigenvalue weighted by molar-refractivity contribution is 0.333. The van der Waals surface area contributed by atoms with E-state index in [0.29, 0.717) is 28.9 Å². The highest BCUT2D eigenvalue weighted by atomic mass is 35.5. The second-order valence-electron chi connectivity index (χ2n) is 4.62. The highest BCUT2D eigenvalue weighted by Gasteiger charge is 2.03. The molecule has 0 amide bonds. The van der Waals surface area contributed by atoms with Crippen LogP contribution < -0.4 is 10.1 Å². The third kappa shape index (κ3) is 3.81. The molecule has 0 aliphatic heterocycles. The van der Waals surface area contributed by atoms with Crippen molar-refractivity contribution < 1.29 is 4.74 Å². The Labute approximate surface area is 129 Å². The Balaban J connectivity index is 1.88. The molecule has 2 nitrogen and oxygen atoms in total. The third-order valence-corrected chi connectivity index (χ3v) is 3.57. The number of benzene rings is 2. The summed E-state index contributed by atoms with van der Waals surface area (Å²) in [6, 6.07) is 11.5. The largest absolute Gasteiger partial charge is 0.490 e. The van der Waals surface area contributed by atoms with Gasteiger partial charge in [-0.25, -0.2) is 0 Å². The number of ether oxygens (including phenoxy) is 1. The number of para-hydroxylation sites is 1. The lowest BCUT2D eigenvalue weighted by Crippen LogP contribution is -2.13. The van der Waals surface area contributed by atoms with Crippen LogP contribution in [0.5, 0.6) is 5.75 Å². The molecule has 0 unspecified atom stereocenters. The van der Waals surface area contributed by atoms with E-state index in [9.17, 15) is 0 Å². The van der Waals surface area contributed by atoms with Gasteiger partial charge in [0, 0.05) is 17.3 Å². The minimum atomic E-state index is 0.532. The highest BCUT2D eigenvalue weighted by molar-refractivity contribution is 6.35. The quantitative estimate of drug-likeness (QED) is 0.776. The summed E-state index contributed by atoms with van der Waals surface area (Å²) in [5, 5.41) is 4.53. The summed E-state index contributed by atoms with van der Waals surface area (Å²) in [5.74, 6) is 0.652. The number of nitrogens with one attached hydrogen (secondary N) is 1. The van der Waals surface area contributed by atoms with Gasteiger partial charge in [-0.2, -0.15) is 0 Å². The van der Waals surface area contributed by atoms with Crippen LogP contribution in [0.1, 0.15) is 11.1 Å². The van der Waals surface area contributed by atoms with Crippen molar-refractivity contribution in [2.45, 2.75) is 13.8 Å². The number of hydrogen-bond acceptors (Lipinski definition) is 2. The normalized spacial score (nSPS) is 10.4. The third-order valence-electron chi connectivity index (χ3n) is 3.04. The van der Waals surface area contributed by atoms with Crippen molar-refractivity contribution in [1.82, 2.24) is 0 Å². The smallest absolute Gasteiger partial charge is 0.138 e. The molecule has 1 N–H and O–H groups in total. The summed E-state index contributed by atoms with van der Waals surface area (Å²) in [7, 11) is 0. The predicted octanol–water partition coefficient (Wildman–Crippen LogP) is 5.10. The van der Waals surface area contributed by atoms with E-state index in [1.807, 2.05) is 0 Å². The van der Waals surface area contributed by atoms with Crippen molar-refractivity contribution in [3.05, 3.63) is 57.6 Å². The fraction of sp³-hybridized carbons (Fsp3) is 0.250. The van der Waals surface area contributed by atoms with E-state index in [0.717, 1.165) is 0 Å². The molecule has 0 aliphatic rings. The molecule has 0 fully saturated rings. The first-order valence-electron chi connectivity index (χ1n) is 6.46. The van der Waals surface area contributed by atoms with Crippen molar-refractivity contribution in [3.63, 3.8) is 0 Å². The Hall–Kier alpha value is -1.38. The van der Waals surface area contributed by atoms with Gasteiger partial charge in [0.2, 0.25) is 0 Å². The number of aryl methyl sites for hydroxylation is 2. The molecule has 0 saturated carbocycles. The van der Waals surface area contributed by atoms with Crippen LogP contribution in [-0.2, 0) is 0 Å². The molecule has 4 heteroatoms. The standard InChI is InChI=1S/C16H17Cl2NO/c1-11-4-3-5-12(2)16(11)19-8-9-20-15-7-6-13(17)10-14(15)18/h3-7,10,19H,8-9H2,1-2H3. The van der Waals surface area contributed by atoms with Crippen LogP contribution in [0, 0.1) is 13.8 Å². The SMILES string of the molecule is Cc1cccc(C)c1NCCOc1ccc(Cl)cc1Cl. The molecule has 0 heterocycles. The average molecular weight is 310 g/mol. The van der Waals surface area contributed by atoms with Crippen LogP contribution in [0.2, 0.25) is 10.0 Å². The van der Waals surface area contributed by atoms with E-state index in [2.05, 4.69) is 37.4 Å². The van der Waals surface area contributed by atoms with Crippen LogP contribution in [0.3, 0.4) is 0 Å². The van der Waals surface area contributed by atoms with Crippen LogP contribution in [0.15, 0.2) is 36.4 Å². The lowest BCUT2D eigenvalue weighted by Gasteiger charge is -2.13. The molecule has 0 bridgehead atoms. The number of anilines is 1. The monoisotopic (exact) mass is 309 g/mol. The maximum absolute atomic E-state index is 6.05. The van der Waals surface area contributed by atoms with E-state index in [1.54, 1.807) is 18.2 Å². The van der Waals surface area contributed by atoms with Crippen molar-refractivity contribution in [2.75, 3.05) is 18.5 Å². The van der Waals surface area contributed by atoms with Crippen molar-refractivity contribution >= 4 is 28.9 Å². The Bertz CT molecular complexity index is 579. The summed E-state index contributed by atoms with van der Waals surface area (Å²) < 4.78 is 5.64. The van der Waals surface area contributed by atoms with Gasteiger partial charge in [-0.05, 0) is 43.2 Å². The van der Waals surface area contributed by atoms with Gasteiger partial charge in [0.15, 0.2) is 0 Å². The molecule has 0 aliphatic carbocycles. The van der Waals surface area contributed by atoms with Gasteiger partial charge >= 0.3 is 0 Å². The fourth-order valence-electron chi connectivity index (χ4n) is 2.02. The van der Waals surface area contributed by atoms with Crippen molar-refractivity contribution in [3.8, 4) is 5.75 Å².